The van der Waals surface area contributed by atoms with Gasteiger partial charge < -0.3 is 9.64 Å². The van der Waals surface area contributed by atoms with Crippen LogP contribution in [0.4, 0.5) is 5.00 Å². The maximum atomic E-state index is 5.15. The Bertz CT molecular complexity index is 253. The molecule has 0 spiro atoms. The summed E-state index contributed by atoms with van der Waals surface area (Å²) in [7, 11) is 1.72. The van der Waals surface area contributed by atoms with E-state index in [1.807, 2.05) is 6.07 Å². The molecule has 1 aliphatic rings. The Morgan fingerprint density at radius 1 is 1.33 bits per heavy atom. The molecular formula is C9H13NOS. The van der Waals surface area contributed by atoms with Gasteiger partial charge in [0, 0.05) is 13.1 Å². The molecule has 0 amide bonds. The van der Waals surface area contributed by atoms with Crippen molar-refractivity contribution in [2.45, 2.75) is 12.8 Å². The van der Waals surface area contributed by atoms with Crippen molar-refractivity contribution >= 4 is 16.3 Å². The molecule has 1 aromatic heterocycles. The van der Waals surface area contributed by atoms with Gasteiger partial charge in [0.05, 0.1) is 12.1 Å². The van der Waals surface area contributed by atoms with Gasteiger partial charge in [-0.2, -0.15) is 0 Å². The van der Waals surface area contributed by atoms with Crippen LogP contribution in [0.25, 0.3) is 0 Å². The van der Waals surface area contributed by atoms with Gasteiger partial charge in [0.2, 0.25) is 0 Å². The van der Waals surface area contributed by atoms with Crippen LogP contribution >= 0.6 is 11.3 Å². The molecule has 66 valence electrons. The lowest BCUT2D eigenvalue weighted by molar-refractivity contribution is 0.427. The van der Waals surface area contributed by atoms with E-state index in [0.29, 0.717) is 0 Å². The summed E-state index contributed by atoms with van der Waals surface area (Å²) in [5.41, 5.74) is 0. The van der Waals surface area contributed by atoms with Gasteiger partial charge in [0.1, 0.15) is 0 Å². The molecular weight excluding hydrogens is 170 g/mol. The van der Waals surface area contributed by atoms with Crippen LogP contribution < -0.4 is 9.64 Å². The highest BCUT2D eigenvalue weighted by molar-refractivity contribution is 7.17. The minimum absolute atomic E-state index is 1.01. The smallest absolute Gasteiger partial charge is 0.175 e. The Hall–Kier alpha value is -0.700. The van der Waals surface area contributed by atoms with Gasteiger partial charge in [-0.05, 0) is 25.0 Å². The number of methoxy groups -OCH3 is 1. The topological polar surface area (TPSA) is 12.5 Å². The number of rotatable bonds is 2. The largest absolute Gasteiger partial charge is 0.487 e. The fraction of sp³-hybridized carbons (Fsp3) is 0.556. The van der Waals surface area contributed by atoms with E-state index in [2.05, 4.69) is 11.0 Å². The maximum Gasteiger partial charge on any atom is 0.175 e. The van der Waals surface area contributed by atoms with Crippen molar-refractivity contribution in [2.75, 3.05) is 25.1 Å². The predicted octanol–water partition coefficient (Wildman–Crippen LogP) is 2.36. The molecule has 0 radical (unpaired) electrons. The van der Waals surface area contributed by atoms with Crippen molar-refractivity contribution in [3.8, 4) is 5.06 Å². The molecule has 1 fully saturated rings. The highest BCUT2D eigenvalue weighted by atomic mass is 32.1. The summed E-state index contributed by atoms with van der Waals surface area (Å²) in [6, 6.07) is 4.19. The first kappa shape index (κ1) is 7.92. The summed E-state index contributed by atoms with van der Waals surface area (Å²) in [6.07, 6.45) is 2.67. The molecule has 1 saturated heterocycles. The Morgan fingerprint density at radius 3 is 2.67 bits per heavy atom. The lowest BCUT2D eigenvalue weighted by Gasteiger charge is -2.13. The first-order valence-corrected chi connectivity index (χ1v) is 5.10. The summed E-state index contributed by atoms with van der Waals surface area (Å²) >= 11 is 1.73. The fourth-order valence-corrected chi connectivity index (χ4v) is 2.40. The number of nitrogens with zero attached hydrogens (tertiary/aromatic N) is 1. The number of hydrogen-bond donors (Lipinski definition) is 0. The van der Waals surface area contributed by atoms with Gasteiger partial charge in [-0.3, -0.25) is 0 Å². The van der Waals surface area contributed by atoms with E-state index in [1.165, 1.54) is 30.9 Å². The third-order valence-corrected chi connectivity index (χ3v) is 3.29. The van der Waals surface area contributed by atoms with E-state index in [-0.39, 0.29) is 0 Å². The summed E-state index contributed by atoms with van der Waals surface area (Å²) < 4.78 is 5.15. The maximum absolute atomic E-state index is 5.15. The number of hydrogen-bond acceptors (Lipinski definition) is 3. The molecule has 0 aliphatic carbocycles. The average Bonchev–Trinajstić information content (AvgIpc) is 2.75. The summed E-state index contributed by atoms with van der Waals surface area (Å²) in [5.74, 6) is 0. The number of anilines is 1. The quantitative estimate of drug-likeness (QED) is 0.698. The fourth-order valence-electron chi connectivity index (χ4n) is 1.53. The standard InChI is InChI=1S/C9H13NOS/c1-11-9-5-4-8(12-9)10-6-2-3-7-10/h4-5H,2-3,6-7H2,1H3. The zero-order chi connectivity index (χ0) is 8.39. The van der Waals surface area contributed by atoms with Gasteiger partial charge >= 0.3 is 0 Å². The summed E-state index contributed by atoms with van der Waals surface area (Å²) in [6.45, 7) is 2.42. The molecule has 12 heavy (non-hydrogen) atoms. The van der Waals surface area contributed by atoms with Crippen molar-refractivity contribution < 1.29 is 4.74 Å². The van der Waals surface area contributed by atoms with E-state index < -0.39 is 0 Å². The molecule has 0 atom stereocenters. The second kappa shape index (κ2) is 3.35. The van der Waals surface area contributed by atoms with Crippen molar-refractivity contribution in [3.63, 3.8) is 0 Å². The van der Waals surface area contributed by atoms with Crippen LogP contribution in [0.1, 0.15) is 12.8 Å². The molecule has 0 saturated carbocycles. The molecule has 0 unspecified atom stereocenters. The molecule has 2 heterocycles. The van der Waals surface area contributed by atoms with Crippen LogP contribution in [0.15, 0.2) is 12.1 Å². The van der Waals surface area contributed by atoms with E-state index in [4.69, 9.17) is 4.74 Å². The van der Waals surface area contributed by atoms with Gasteiger partial charge in [-0.25, -0.2) is 0 Å². The first-order valence-electron chi connectivity index (χ1n) is 4.29. The van der Waals surface area contributed by atoms with Crippen LogP contribution in [0.5, 0.6) is 5.06 Å². The lowest BCUT2D eigenvalue weighted by atomic mass is 10.4. The predicted molar refractivity (Wildman–Crippen MR) is 52.3 cm³/mol. The molecule has 2 rings (SSSR count). The number of thiophene rings is 1. The van der Waals surface area contributed by atoms with Gasteiger partial charge in [0.25, 0.3) is 0 Å². The zero-order valence-corrected chi connectivity index (χ0v) is 8.06. The second-order valence-corrected chi connectivity index (χ2v) is 4.02. The Balaban J connectivity index is 2.11. The minimum Gasteiger partial charge on any atom is -0.487 e. The first-order chi connectivity index (χ1) is 5.90. The third kappa shape index (κ3) is 1.41. The average molecular weight is 183 g/mol. The van der Waals surface area contributed by atoms with E-state index >= 15 is 0 Å². The van der Waals surface area contributed by atoms with Crippen molar-refractivity contribution in [3.05, 3.63) is 12.1 Å². The molecule has 1 aliphatic heterocycles. The Labute approximate surface area is 76.8 Å². The Kier molecular flexibility index (Phi) is 2.21. The summed E-state index contributed by atoms with van der Waals surface area (Å²) in [5, 5.41) is 2.36. The lowest BCUT2D eigenvalue weighted by Crippen LogP contribution is -2.15. The second-order valence-electron chi connectivity index (χ2n) is 2.99. The van der Waals surface area contributed by atoms with E-state index in [1.54, 1.807) is 18.4 Å². The van der Waals surface area contributed by atoms with Crippen molar-refractivity contribution in [2.24, 2.45) is 0 Å². The van der Waals surface area contributed by atoms with Crippen LogP contribution in [-0.2, 0) is 0 Å². The molecule has 2 nitrogen and oxygen atoms in total. The monoisotopic (exact) mass is 183 g/mol. The zero-order valence-electron chi connectivity index (χ0n) is 7.25. The van der Waals surface area contributed by atoms with Crippen LogP contribution in [0, 0.1) is 0 Å². The number of ether oxygens (including phenoxy) is 1. The molecule has 1 aromatic rings. The van der Waals surface area contributed by atoms with E-state index in [0.717, 1.165) is 5.06 Å². The van der Waals surface area contributed by atoms with E-state index in [9.17, 15) is 0 Å². The summed E-state index contributed by atoms with van der Waals surface area (Å²) in [4.78, 5) is 2.42. The normalized spacial score (nSPS) is 16.9. The van der Waals surface area contributed by atoms with Crippen molar-refractivity contribution in [1.82, 2.24) is 0 Å². The molecule has 0 aromatic carbocycles. The van der Waals surface area contributed by atoms with Gasteiger partial charge in [-0.15, -0.1) is 0 Å². The van der Waals surface area contributed by atoms with Crippen LogP contribution in [0.3, 0.4) is 0 Å². The van der Waals surface area contributed by atoms with Crippen LogP contribution in [-0.4, -0.2) is 20.2 Å². The molecule has 3 heteroatoms. The SMILES string of the molecule is COc1ccc(N2CCCC2)s1. The highest BCUT2D eigenvalue weighted by Gasteiger charge is 2.13. The third-order valence-electron chi connectivity index (χ3n) is 2.19. The van der Waals surface area contributed by atoms with Crippen LogP contribution in [0.2, 0.25) is 0 Å². The Morgan fingerprint density at radius 2 is 2.08 bits per heavy atom. The highest BCUT2D eigenvalue weighted by Crippen LogP contribution is 2.33. The minimum atomic E-state index is 1.01. The van der Waals surface area contributed by atoms with Gasteiger partial charge in [0.15, 0.2) is 5.06 Å². The molecule has 0 N–H and O–H groups in total. The molecule has 0 bridgehead atoms. The van der Waals surface area contributed by atoms with Crippen molar-refractivity contribution in [1.29, 1.82) is 0 Å². The van der Waals surface area contributed by atoms with Gasteiger partial charge in [-0.1, -0.05) is 11.3 Å².